The van der Waals surface area contributed by atoms with Crippen molar-refractivity contribution in [3.63, 3.8) is 0 Å². The number of hydrogen-bond acceptors (Lipinski definition) is 3. The molecule has 2 fully saturated rings. The summed E-state index contributed by atoms with van der Waals surface area (Å²) in [7, 11) is 0. The lowest BCUT2D eigenvalue weighted by Gasteiger charge is -2.28. The molecule has 1 unspecified atom stereocenters. The van der Waals surface area contributed by atoms with Gasteiger partial charge in [0.25, 0.3) is 5.91 Å². The van der Waals surface area contributed by atoms with E-state index < -0.39 is 0 Å². The molecule has 1 atom stereocenters. The number of benzene rings is 3. The van der Waals surface area contributed by atoms with E-state index in [1.807, 2.05) is 53.6 Å². The van der Waals surface area contributed by atoms with Crippen LogP contribution in [-0.2, 0) is 11.3 Å². The average Bonchev–Trinajstić information content (AvgIpc) is 3.58. The highest BCUT2D eigenvalue weighted by Gasteiger charge is 2.25. The fourth-order valence-corrected chi connectivity index (χ4v) is 5.73. The molecule has 1 aromatic heterocycles. The molecule has 7 heteroatoms. The second-order valence-electron chi connectivity index (χ2n) is 10.4. The molecule has 6 nitrogen and oxygen atoms in total. The predicted octanol–water partition coefficient (Wildman–Crippen LogP) is 5.01. The second kappa shape index (κ2) is 10.4. The Labute approximate surface area is 221 Å². The summed E-state index contributed by atoms with van der Waals surface area (Å²) < 4.78 is 13.4. The van der Waals surface area contributed by atoms with E-state index in [0.29, 0.717) is 25.9 Å². The van der Waals surface area contributed by atoms with Crippen LogP contribution in [0.25, 0.3) is 21.7 Å². The van der Waals surface area contributed by atoms with Crippen LogP contribution in [0.3, 0.4) is 0 Å². The highest BCUT2D eigenvalue weighted by molar-refractivity contribution is 6.06. The topological polar surface area (TPSA) is 68.4 Å². The van der Waals surface area contributed by atoms with Crippen LogP contribution in [-0.4, -0.2) is 58.8 Å². The molecule has 0 aliphatic carbocycles. The van der Waals surface area contributed by atoms with Crippen LogP contribution in [0.1, 0.15) is 35.2 Å². The number of rotatable bonds is 5. The van der Waals surface area contributed by atoms with Crippen LogP contribution in [0, 0.1) is 5.82 Å². The molecule has 6 rings (SSSR count). The van der Waals surface area contributed by atoms with Gasteiger partial charge in [0.05, 0.1) is 0 Å². The molecule has 0 radical (unpaired) electrons. The van der Waals surface area contributed by atoms with Crippen molar-refractivity contribution in [3.8, 4) is 0 Å². The second-order valence-corrected chi connectivity index (χ2v) is 10.4. The minimum Gasteiger partial charge on any atom is -0.361 e. The molecule has 0 spiro atoms. The SMILES string of the molecule is O=C(C=C1CCN(C(=O)c2cccc3[nH]ccc23)CC1)NC1CCN(Cc2ccc3cc(F)ccc3c2)C1. The first-order valence-electron chi connectivity index (χ1n) is 13.3. The lowest BCUT2D eigenvalue weighted by Crippen LogP contribution is -2.38. The quantitative estimate of drug-likeness (QED) is 0.371. The van der Waals surface area contributed by atoms with Gasteiger partial charge in [0.1, 0.15) is 5.82 Å². The first-order chi connectivity index (χ1) is 18.5. The zero-order valence-electron chi connectivity index (χ0n) is 21.3. The number of halogens is 1. The Morgan fingerprint density at radius 2 is 1.82 bits per heavy atom. The molecule has 38 heavy (non-hydrogen) atoms. The van der Waals surface area contributed by atoms with Gasteiger partial charge in [0.2, 0.25) is 5.91 Å². The number of likely N-dealkylation sites (tertiary alicyclic amines) is 2. The average molecular weight is 511 g/mol. The van der Waals surface area contributed by atoms with Crippen LogP contribution in [0.2, 0.25) is 0 Å². The van der Waals surface area contributed by atoms with Gasteiger partial charge in [-0.3, -0.25) is 14.5 Å². The van der Waals surface area contributed by atoms with E-state index >= 15 is 0 Å². The maximum atomic E-state index is 13.4. The highest BCUT2D eigenvalue weighted by Crippen LogP contribution is 2.23. The Balaban J connectivity index is 0.993. The van der Waals surface area contributed by atoms with Gasteiger partial charge in [0.15, 0.2) is 0 Å². The molecule has 2 aliphatic heterocycles. The van der Waals surface area contributed by atoms with Gasteiger partial charge in [-0.2, -0.15) is 0 Å². The lowest BCUT2D eigenvalue weighted by atomic mass is 10.0. The number of carbonyl (C=O) groups is 2. The van der Waals surface area contributed by atoms with Gasteiger partial charge in [-0.15, -0.1) is 0 Å². The maximum absolute atomic E-state index is 13.4. The molecular weight excluding hydrogens is 479 g/mol. The van der Waals surface area contributed by atoms with Gasteiger partial charge in [0, 0.05) is 67.5 Å². The monoisotopic (exact) mass is 510 g/mol. The summed E-state index contributed by atoms with van der Waals surface area (Å²) in [5.74, 6) is -0.220. The van der Waals surface area contributed by atoms with Crippen LogP contribution < -0.4 is 5.32 Å². The lowest BCUT2D eigenvalue weighted by molar-refractivity contribution is -0.117. The molecule has 194 valence electrons. The van der Waals surface area contributed by atoms with Gasteiger partial charge in [-0.05, 0) is 72.0 Å². The number of aromatic amines is 1. The zero-order valence-corrected chi connectivity index (χ0v) is 21.3. The summed E-state index contributed by atoms with van der Waals surface area (Å²) in [5, 5.41) is 6.06. The van der Waals surface area contributed by atoms with E-state index in [9.17, 15) is 14.0 Å². The summed E-state index contributed by atoms with van der Waals surface area (Å²) in [6.45, 7) is 3.78. The summed E-state index contributed by atoms with van der Waals surface area (Å²) in [6.07, 6.45) is 5.93. The number of fused-ring (bicyclic) bond motifs is 2. The van der Waals surface area contributed by atoms with Gasteiger partial charge in [-0.25, -0.2) is 4.39 Å². The normalized spacial score (nSPS) is 18.3. The molecule has 3 heterocycles. The third-order valence-corrected chi connectivity index (χ3v) is 7.75. The van der Waals surface area contributed by atoms with Gasteiger partial charge in [-0.1, -0.05) is 29.8 Å². The van der Waals surface area contributed by atoms with Crippen molar-refractivity contribution in [1.29, 1.82) is 0 Å². The molecule has 4 aromatic rings. The summed E-state index contributed by atoms with van der Waals surface area (Å²) in [5.41, 5.74) is 3.96. The maximum Gasteiger partial charge on any atom is 0.254 e. The number of carbonyl (C=O) groups excluding carboxylic acids is 2. The summed E-state index contributed by atoms with van der Waals surface area (Å²) >= 11 is 0. The predicted molar refractivity (Wildman–Crippen MR) is 147 cm³/mol. The van der Waals surface area contributed by atoms with E-state index in [1.165, 1.54) is 11.6 Å². The standard InChI is InChI=1S/C31H31FN4O2/c32-25-7-6-23-16-22(4-5-24(23)18-25)19-35-13-11-26(20-35)34-30(37)17-21-9-14-36(15-10-21)31(38)28-2-1-3-29-27(28)8-12-33-29/h1-8,12,16-18,26,33H,9-11,13-15,19-20H2,(H,34,37). The van der Waals surface area contributed by atoms with Crippen LogP contribution >= 0.6 is 0 Å². The van der Waals surface area contributed by atoms with Crippen molar-refractivity contribution < 1.29 is 14.0 Å². The van der Waals surface area contributed by atoms with Crippen LogP contribution in [0.4, 0.5) is 4.39 Å². The fourth-order valence-electron chi connectivity index (χ4n) is 5.73. The van der Waals surface area contributed by atoms with E-state index in [1.54, 1.807) is 12.1 Å². The van der Waals surface area contributed by atoms with E-state index in [4.69, 9.17) is 0 Å². The van der Waals surface area contributed by atoms with E-state index in [2.05, 4.69) is 21.3 Å². The number of amides is 2. The van der Waals surface area contributed by atoms with Crippen molar-refractivity contribution in [2.45, 2.75) is 31.8 Å². The Morgan fingerprint density at radius 3 is 2.68 bits per heavy atom. The minimum atomic E-state index is -0.220. The highest BCUT2D eigenvalue weighted by atomic mass is 19.1. The Bertz CT molecular complexity index is 1530. The zero-order chi connectivity index (χ0) is 26.1. The van der Waals surface area contributed by atoms with Gasteiger partial charge < -0.3 is 15.2 Å². The van der Waals surface area contributed by atoms with Crippen molar-refractivity contribution in [1.82, 2.24) is 20.1 Å². The van der Waals surface area contributed by atoms with Crippen molar-refractivity contribution in [3.05, 3.63) is 95.5 Å². The Kier molecular flexibility index (Phi) is 6.68. The first-order valence-corrected chi connectivity index (χ1v) is 13.3. The number of H-pyrrole nitrogens is 1. The number of piperidine rings is 1. The summed E-state index contributed by atoms with van der Waals surface area (Å²) in [6, 6.07) is 18.8. The number of aromatic nitrogens is 1. The smallest absolute Gasteiger partial charge is 0.254 e. The minimum absolute atomic E-state index is 0.0447. The molecule has 2 saturated heterocycles. The van der Waals surface area contributed by atoms with Crippen molar-refractivity contribution in [2.75, 3.05) is 26.2 Å². The number of nitrogens with one attached hydrogen (secondary N) is 2. The molecule has 0 saturated carbocycles. The van der Waals surface area contributed by atoms with E-state index in [0.717, 1.165) is 58.9 Å². The molecule has 2 aliphatic rings. The fraction of sp³-hybridized carbons (Fsp3) is 0.290. The van der Waals surface area contributed by atoms with Crippen LogP contribution in [0.5, 0.6) is 0 Å². The Morgan fingerprint density at radius 1 is 1.00 bits per heavy atom. The molecule has 2 N–H and O–H groups in total. The molecule has 3 aromatic carbocycles. The molecule has 2 amide bonds. The third kappa shape index (κ3) is 5.20. The third-order valence-electron chi connectivity index (χ3n) is 7.75. The summed E-state index contributed by atoms with van der Waals surface area (Å²) in [4.78, 5) is 33.2. The number of hydrogen-bond donors (Lipinski definition) is 2. The first kappa shape index (κ1) is 24.4. The molecular formula is C31H31FN4O2. The van der Waals surface area contributed by atoms with Crippen molar-refractivity contribution >= 4 is 33.5 Å². The Hall–Kier alpha value is -3.97. The largest absolute Gasteiger partial charge is 0.361 e. The van der Waals surface area contributed by atoms with Gasteiger partial charge >= 0.3 is 0 Å². The van der Waals surface area contributed by atoms with E-state index in [-0.39, 0.29) is 23.7 Å². The number of nitrogens with zero attached hydrogens (tertiary/aromatic N) is 2. The molecule has 0 bridgehead atoms. The van der Waals surface area contributed by atoms with Crippen molar-refractivity contribution in [2.24, 2.45) is 0 Å². The van der Waals surface area contributed by atoms with Crippen LogP contribution in [0.15, 0.2) is 78.5 Å².